The monoisotopic (exact) mass is 259 g/mol. The van der Waals surface area contributed by atoms with Gasteiger partial charge in [0.15, 0.2) is 6.29 Å². The molecular formula is C15H14FNO2. The number of benzene rings is 1. The number of nitrogens with zero attached hydrogens (tertiary/aromatic N) is 1. The van der Waals surface area contributed by atoms with Gasteiger partial charge in [-0.1, -0.05) is 13.0 Å². The van der Waals surface area contributed by atoms with Crippen LogP contribution in [-0.2, 0) is 0 Å². The third-order valence-electron chi connectivity index (χ3n) is 2.64. The molecule has 0 aliphatic carbocycles. The summed E-state index contributed by atoms with van der Waals surface area (Å²) in [6.45, 7) is 2.64. The van der Waals surface area contributed by atoms with Crippen LogP contribution < -0.4 is 4.74 Å². The summed E-state index contributed by atoms with van der Waals surface area (Å²) < 4.78 is 18.8. The highest BCUT2D eigenvalue weighted by molar-refractivity contribution is 5.79. The van der Waals surface area contributed by atoms with Crippen LogP contribution in [0.3, 0.4) is 0 Å². The third-order valence-corrected chi connectivity index (χ3v) is 2.64. The molecule has 0 aliphatic rings. The summed E-state index contributed by atoms with van der Waals surface area (Å²) in [7, 11) is 0. The predicted octanol–water partition coefficient (Wildman–Crippen LogP) is 3.49. The van der Waals surface area contributed by atoms with E-state index in [0.717, 1.165) is 17.5 Å². The van der Waals surface area contributed by atoms with E-state index >= 15 is 0 Å². The molecule has 0 fully saturated rings. The Morgan fingerprint density at radius 3 is 2.84 bits per heavy atom. The van der Waals surface area contributed by atoms with Gasteiger partial charge in [0, 0.05) is 11.8 Å². The highest BCUT2D eigenvalue weighted by atomic mass is 19.1. The SMILES string of the molecule is CCCOc1cncc(-c2ccc(F)c(C=O)c2)c1. The van der Waals surface area contributed by atoms with Crippen molar-refractivity contribution < 1.29 is 13.9 Å². The van der Waals surface area contributed by atoms with E-state index in [-0.39, 0.29) is 5.56 Å². The average Bonchev–Trinajstić information content (AvgIpc) is 2.46. The second-order valence-electron chi connectivity index (χ2n) is 4.11. The van der Waals surface area contributed by atoms with Crippen molar-refractivity contribution in [3.05, 3.63) is 48.0 Å². The Hall–Kier alpha value is -2.23. The number of aldehydes is 1. The van der Waals surface area contributed by atoms with Crippen LogP contribution in [0.15, 0.2) is 36.7 Å². The topological polar surface area (TPSA) is 39.2 Å². The van der Waals surface area contributed by atoms with Gasteiger partial charge in [0.05, 0.1) is 18.4 Å². The van der Waals surface area contributed by atoms with Gasteiger partial charge in [-0.3, -0.25) is 9.78 Å². The van der Waals surface area contributed by atoms with Gasteiger partial charge in [-0.15, -0.1) is 0 Å². The lowest BCUT2D eigenvalue weighted by molar-refractivity contribution is 0.112. The Kier molecular flexibility index (Phi) is 4.23. The van der Waals surface area contributed by atoms with Crippen LogP contribution in [0.25, 0.3) is 11.1 Å². The minimum absolute atomic E-state index is 0.0392. The summed E-state index contributed by atoms with van der Waals surface area (Å²) >= 11 is 0. The number of pyridine rings is 1. The maximum atomic E-state index is 13.3. The second-order valence-corrected chi connectivity index (χ2v) is 4.11. The molecule has 0 atom stereocenters. The largest absolute Gasteiger partial charge is 0.492 e. The number of rotatable bonds is 5. The van der Waals surface area contributed by atoms with Gasteiger partial charge in [-0.25, -0.2) is 4.39 Å². The molecule has 98 valence electrons. The molecule has 1 aromatic carbocycles. The van der Waals surface area contributed by atoms with Crippen LogP contribution in [0.2, 0.25) is 0 Å². The summed E-state index contributed by atoms with van der Waals surface area (Å²) in [5.41, 5.74) is 1.56. The summed E-state index contributed by atoms with van der Waals surface area (Å²) in [6, 6.07) is 6.22. The average molecular weight is 259 g/mol. The first kappa shape index (κ1) is 13.2. The highest BCUT2D eigenvalue weighted by Gasteiger charge is 2.06. The Morgan fingerprint density at radius 2 is 2.11 bits per heavy atom. The number of hydrogen-bond donors (Lipinski definition) is 0. The lowest BCUT2D eigenvalue weighted by atomic mass is 10.0. The molecule has 19 heavy (non-hydrogen) atoms. The number of carbonyl (C=O) groups excluding carboxylic acids is 1. The van der Waals surface area contributed by atoms with Gasteiger partial charge < -0.3 is 4.74 Å². The predicted molar refractivity (Wildman–Crippen MR) is 70.8 cm³/mol. The lowest BCUT2D eigenvalue weighted by Gasteiger charge is -2.07. The van der Waals surface area contributed by atoms with Crippen LogP contribution in [0.4, 0.5) is 4.39 Å². The minimum Gasteiger partial charge on any atom is -0.492 e. The molecule has 0 amide bonds. The number of ether oxygens (including phenoxy) is 1. The first-order chi connectivity index (χ1) is 9.24. The number of carbonyl (C=O) groups is 1. The minimum atomic E-state index is -0.523. The molecule has 2 rings (SSSR count). The summed E-state index contributed by atoms with van der Waals surface area (Å²) in [5.74, 6) is 0.140. The van der Waals surface area contributed by atoms with Crippen molar-refractivity contribution >= 4 is 6.29 Å². The fourth-order valence-electron chi connectivity index (χ4n) is 1.69. The molecule has 1 aromatic heterocycles. The van der Waals surface area contributed by atoms with Crippen molar-refractivity contribution in [2.45, 2.75) is 13.3 Å². The summed E-state index contributed by atoms with van der Waals surface area (Å²) in [5, 5.41) is 0. The van der Waals surface area contributed by atoms with Gasteiger partial charge >= 0.3 is 0 Å². The molecular weight excluding hydrogens is 245 g/mol. The third kappa shape index (κ3) is 3.16. The van der Waals surface area contributed by atoms with Gasteiger partial charge in [-0.2, -0.15) is 0 Å². The van der Waals surface area contributed by atoms with Gasteiger partial charge in [0.1, 0.15) is 11.6 Å². The van der Waals surface area contributed by atoms with Crippen molar-refractivity contribution in [3.63, 3.8) is 0 Å². The van der Waals surface area contributed by atoms with Crippen LogP contribution in [0.1, 0.15) is 23.7 Å². The van der Waals surface area contributed by atoms with Crippen LogP contribution >= 0.6 is 0 Å². The van der Waals surface area contributed by atoms with E-state index in [0.29, 0.717) is 18.6 Å². The second kappa shape index (κ2) is 6.09. The fraction of sp³-hybridized carbons (Fsp3) is 0.200. The molecule has 0 saturated heterocycles. The van der Waals surface area contributed by atoms with Crippen molar-refractivity contribution in [3.8, 4) is 16.9 Å². The standard InChI is InChI=1S/C15H14FNO2/c1-2-5-19-14-7-12(8-17-9-14)11-3-4-15(16)13(6-11)10-18/h3-4,6-10H,2,5H2,1H3. The van der Waals surface area contributed by atoms with Crippen molar-refractivity contribution in [2.75, 3.05) is 6.61 Å². The number of halogens is 1. The Morgan fingerprint density at radius 1 is 1.26 bits per heavy atom. The van der Waals surface area contributed by atoms with Crippen LogP contribution in [0.5, 0.6) is 5.75 Å². The summed E-state index contributed by atoms with van der Waals surface area (Å²) in [6.07, 6.45) is 4.70. The Labute approximate surface area is 111 Å². The fourth-order valence-corrected chi connectivity index (χ4v) is 1.69. The molecule has 0 aliphatic heterocycles. The Bertz CT molecular complexity index is 584. The van der Waals surface area contributed by atoms with Crippen LogP contribution in [-0.4, -0.2) is 17.9 Å². The maximum Gasteiger partial charge on any atom is 0.153 e. The smallest absolute Gasteiger partial charge is 0.153 e. The van der Waals surface area contributed by atoms with Crippen molar-refractivity contribution in [1.29, 1.82) is 0 Å². The van der Waals surface area contributed by atoms with E-state index in [2.05, 4.69) is 4.98 Å². The molecule has 0 radical (unpaired) electrons. The van der Waals surface area contributed by atoms with E-state index in [1.807, 2.05) is 13.0 Å². The lowest BCUT2D eigenvalue weighted by Crippen LogP contribution is -1.96. The zero-order valence-corrected chi connectivity index (χ0v) is 10.6. The van der Waals surface area contributed by atoms with E-state index in [4.69, 9.17) is 4.74 Å². The number of aromatic nitrogens is 1. The van der Waals surface area contributed by atoms with Gasteiger partial charge in [-0.05, 0) is 30.2 Å². The van der Waals surface area contributed by atoms with E-state index in [9.17, 15) is 9.18 Å². The van der Waals surface area contributed by atoms with Crippen molar-refractivity contribution in [1.82, 2.24) is 4.98 Å². The van der Waals surface area contributed by atoms with Gasteiger partial charge in [0.25, 0.3) is 0 Å². The molecule has 0 saturated carbocycles. The van der Waals surface area contributed by atoms with E-state index < -0.39 is 5.82 Å². The van der Waals surface area contributed by atoms with E-state index in [1.165, 1.54) is 12.1 Å². The van der Waals surface area contributed by atoms with Crippen molar-refractivity contribution in [2.24, 2.45) is 0 Å². The molecule has 2 aromatic rings. The first-order valence-corrected chi connectivity index (χ1v) is 6.07. The molecule has 0 unspecified atom stereocenters. The number of hydrogen-bond acceptors (Lipinski definition) is 3. The van der Waals surface area contributed by atoms with Gasteiger partial charge in [0.2, 0.25) is 0 Å². The first-order valence-electron chi connectivity index (χ1n) is 6.07. The maximum absolute atomic E-state index is 13.3. The zero-order valence-electron chi connectivity index (χ0n) is 10.6. The normalized spacial score (nSPS) is 10.2. The molecule has 4 heteroatoms. The zero-order chi connectivity index (χ0) is 13.7. The molecule has 3 nitrogen and oxygen atoms in total. The molecule has 1 heterocycles. The van der Waals surface area contributed by atoms with E-state index in [1.54, 1.807) is 18.5 Å². The summed E-state index contributed by atoms with van der Waals surface area (Å²) in [4.78, 5) is 14.8. The quantitative estimate of drug-likeness (QED) is 0.771. The molecule has 0 bridgehead atoms. The highest BCUT2D eigenvalue weighted by Crippen LogP contribution is 2.24. The van der Waals surface area contributed by atoms with Crippen LogP contribution in [0, 0.1) is 5.82 Å². The molecule has 0 N–H and O–H groups in total. The Balaban J connectivity index is 2.33. The molecule has 0 spiro atoms.